The first-order valence-corrected chi connectivity index (χ1v) is 18.2. The van der Waals surface area contributed by atoms with Gasteiger partial charge in [0.1, 0.15) is 11.5 Å². The summed E-state index contributed by atoms with van der Waals surface area (Å²) >= 11 is 1.78. The molecule has 0 saturated heterocycles. The van der Waals surface area contributed by atoms with Gasteiger partial charge >= 0.3 is 0 Å². The van der Waals surface area contributed by atoms with Crippen LogP contribution in [0, 0.1) is 11.3 Å². The molecule has 0 unspecified atom stereocenters. The van der Waals surface area contributed by atoms with Crippen LogP contribution >= 0.6 is 11.3 Å². The first-order valence-electron chi connectivity index (χ1n) is 17.4. The molecule has 0 amide bonds. The third-order valence-corrected chi connectivity index (χ3v) is 11.3. The normalized spacial score (nSPS) is 12.8. The summed E-state index contributed by atoms with van der Waals surface area (Å²) in [6, 6.07) is 60.3. The topological polar surface area (TPSA) is 71.7 Å². The zero-order valence-electron chi connectivity index (χ0n) is 28.3. The van der Waals surface area contributed by atoms with Crippen molar-refractivity contribution in [1.82, 2.24) is 15.0 Å². The summed E-state index contributed by atoms with van der Waals surface area (Å²) in [5.74, 6) is 3.24. The Bertz CT molecular complexity index is 2840. The Hall–Kier alpha value is -6.94. The fourth-order valence-electron chi connectivity index (χ4n) is 7.67. The van der Waals surface area contributed by atoms with Gasteiger partial charge in [-0.05, 0) is 83.9 Å². The minimum absolute atomic E-state index is 0.529. The van der Waals surface area contributed by atoms with Gasteiger partial charge in [-0.25, -0.2) is 15.0 Å². The predicted molar refractivity (Wildman–Crippen MR) is 212 cm³/mol. The summed E-state index contributed by atoms with van der Waals surface area (Å²) in [7, 11) is 0. The van der Waals surface area contributed by atoms with E-state index < -0.39 is 5.41 Å². The summed E-state index contributed by atoms with van der Waals surface area (Å²) in [6.07, 6.45) is 0. The van der Waals surface area contributed by atoms with E-state index in [4.69, 9.17) is 19.7 Å². The average Bonchev–Trinajstić information content (AvgIpc) is 3.61. The van der Waals surface area contributed by atoms with Crippen molar-refractivity contribution in [2.24, 2.45) is 0 Å². The molecule has 6 heteroatoms. The van der Waals surface area contributed by atoms with Crippen LogP contribution < -0.4 is 4.74 Å². The monoisotopic (exact) mass is 696 g/mol. The van der Waals surface area contributed by atoms with Gasteiger partial charge < -0.3 is 4.74 Å². The number of nitriles is 1. The van der Waals surface area contributed by atoms with Crippen molar-refractivity contribution in [3.05, 3.63) is 198 Å². The van der Waals surface area contributed by atoms with Gasteiger partial charge in [-0.15, -0.1) is 11.3 Å². The maximum Gasteiger partial charge on any atom is 0.164 e. The molecule has 0 spiro atoms. The molecule has 53 heavy (non-hydrogen) atoms. The molecule has 5 nitrogen and oxygen atoms in total. The van der Waals surface area contributed by atoms with Gasteiger partial charge in [0.2, 0.25) is 0 Å². The minimum Gasteiger partial charge on any atom is -0.457 e. The Balaban J connectivity index is 1.22. The lowest BCUT2D eigenvalue weighted by Gasteiger charge is -2.41. The molecule has 0 radical (unpaired) electrons. The SMILES string of the molecule is N#Cc1ccc(-c2nc(-c3ccc4c(c3)C(c3ccccc3)(c3ccccc3)c3ccccc3O4)nc(-c3ccc4sc5ccccc5c4c3)n2)cc1. The summed E-state index contributed by atoms with van der Waals surface area (Å²) in [4.78, 5) is 15.3. The van der Waals surface area contributed by atoms with E-state index in [2.05, 4.69) is 127 Å². The van der Waals surface area contributed by atoms with Crippen LogP contribution in [-0.4, -0.2) is 15.0 Å². The summed E-state index contributed by atoms with van der Waals surface area (Å²) in [5, 5.41) is 11.9. The van der Waals surface area contributed by atoms with E-state index in [1.165, 1.54) is 20.2 Å². The van der Waals surface area contributed by atoms with Gasteiger partial charge in [0, 0.05) is 48.0 Å². The lowest BCUT2D eigenvalue weighted by atomic mass is 9.63. The maximum absolute atomic E-state index is 9.49. The number of thiophene rings is 1. The number of ether oxygens (including phenoxy) is 1. The Morgan fingerprint density at radius 1 is 0.472 bits per heavy atom. The van der Waals surface area contributed by atoms with Crippen molar-refractivity contribution in [3.63, 3.8) is 0 Å². The maximum atomic E-state index is 9.49. The largest absolute Gasteiger partial charge is 0.457 e. The molecule has 9 aromatic rings. The molecule has 0 saturated carbocycles. The zero-order valence-corrected chi connectivity index (χ0v) is 29.1. The van der Waals surface area contributed by atoms with Crippen LogP contribution in [0.3, 0.4) is 0 Å². The Morgan fingerprint density at radius 2 is 1.02 bits per heavy atom. The zero-order chi connectivity index (χ0) is 35.4. The van der Waals surface area contributed by atoms with Gasteiger partial charge in [-0.2, -0.15) is 5.26 Å². The molecular weight excluding hydrogens is 669 g/mol. The van der Waals surface area contributed by atoms with E-state index in [9.17, 15) is 5.26 Å². The van der Waals surface area contributed by atoms with Gasteiger partial charge in [-0.3, -0.25) is 0 Å². The summed E-state index contributed by atoms with van der Waals surface area (Å²) in [5.41, 5.74) is 6.76. The second kappa shape index (κ2) is 12.4. The van der Waals surface area contributed by atoms with Crippen molar-refractivity contribution >= 4 is 31.5 Å². The minimum atomic E-state index is -0.681. The van der Waals surface area contributed by atoms with Crippen LogP contribution in [0.4, 0.5) is 0 Å². The van der Waals surface area contributed by atoms with Crippen LogP contribution in [0.2, 0.25) is 0 Å². The molecule has 0 atom stereocenters. The molecule has 0 fully saturated rings. The van der Waals surface area contributed by atoms with Crippen LogP contribution in [0.1, 0.15) is 27.8 Å². The van der Waals surface area contributed by atoms with Crippen molar-refractivity contribution in [3.8, 4) is 51.7 Å². The molecule has 1 aliphatic rings. The van der Waals surface area contributed by atoms with Crippen LogP contribution in [0.5, 0.6) is 11.5 Å². The fraction of sp³-hybridized carbons (Fsp3) is 0.0213. The highest BCUT2D eigenvalue weighted by atomic mass is 32.1. The first kappa shape index (κ1) is 30.8. The van der Waals surface area contributed by atoms with Gasteiger partial charge in [0.15, 0.2) is 17.5 Å². The highest BCUT2D eigenvalue weighted by Gasteiger charge is 2.45. The summed E-state index contributed by atoms with van der Waals surface area (Å²) in [6.45, 7) is 0. The number of para-hydroxylation sites is 1. The van der Waals surface area contributed by atoms with E-state index in [1.54, 1.807) is 23.5 Å². The number of fused-ring (bicyclic) bond motifs is 5. The number of hydrogen-bond donors (Lipinski definition) is 0. The molecule has 10 rings (SSSR count). The molecule has 7 aromatic carbocycles. The standard InChI is InChI=1S/C47H28N4OS/c48-29-30-19-21-31(22-20-30)44-49-45(32-24-26-43-37(27-32)36-15-7-10-18-42(36)53-43)51-46(50-44)33-23-25-41-39(28-33)47(34-11-3-1-4-12-34,35-13-5-2-6-14-35)38-16-8-9-17-40(38)52-41/h1-28H. The van der Waals surface area contributed by atoms with Gasteiger partial charge in [0.05, 0.1) is 17.0 Å². The van der Waals surface area contributed by atoms with E-state index in [-0.39, 0.29) is 0 Å². The highest BCUT2D eigenvalue weighted by Crippen LogP contribution is 2.55. The van der Waals surface area contributed by atoms with Crippen molar-refractivity contribution in [2.75, 3.05) is 0 Å². The van der Waals surface area contributed by atoms with E-state index in [0.717, 1.165) is 50.4 Å². The van der Waals surface area contributed by atoms with Crippen molar-refractivity contribution < 1.29 is 4.74 Å². The van der Waals surface area contributed by atoms with Crippen LogP contribution in [0.25, 0.3) is 54.3 Å². The smallest absolute Gasteiger partial charge is 0.164 e. The van der Waals surface area contributed by atoms with Crippen LogP contribution in [-0.2, 0) is 5.41 Å². The third-order valence-electron chi connectivity index (χ3n) is 10.1. The molecule has 0 N–H and O–H groups in total. The molecule has 0 aliphatic carbocycles. The van der Waals surface area contributed by atoms with Gasteiger partial charge in [0.25, 0.3) is 0 Å². The fourth-order valence-corrected chi connectivity index (χ4v) is 8.75. The quantitative estimate of drug-likeness (QED) is 0.179. The molecular formula is C47H28N4OS. The molecule has 2 aromatic heterocycles. The predicted octanol–water partition coefficient (Wildman–Crippen LogP) is 11.6. The number of hydrogen-bond acceptors (Lipinski definition) is 6. The molecule has 0 bridgehead atoms. The van der Waals surface area contributed by atoms with Gasteiger partial charge in [-0.1, -0.05) is 97.1 Å². The molecule has 1 aliphatic heterocycles. The Labute approximate surface area is 310 Å². The van der Waals surface area contributed by atoms with E-state index >= 15 is 0 Å². The second-order valence-electron chi connectivity index (χ2n) is 13.1. The number of rotatable bonds is 5. The lowest BCUT2D eigenvalue weighted by molar-refractivity contribution is 0.434. The van der Waals surface area contributed by atoms with Crippen LogP contribution in [0.15, 0.2) is 170 Å². The Morgan fingerprint density at radius 3 is 1.74 bits per heavy atom. The molecule has 3 heterocycles. The van der Waals surface area contributed by atoms with E-state index in [0.29, 0.717) is 23.0 Å². The third kappa shape index (κ3) is 5.02. The average molecular weight is 697 g/mol. The first-order chi connectivity index (χ1) is 26.2. The lowest BCUT2D eigenvalue weighted by Crippen LogP contribution is -2.34. The Kier molecular flexibility index (Phi) is 7.21. The second-order valence-corrected chi connectivity index (χ2v) is 14.2. The number of benzene rings is 7. The summed E-state index contributed by atoms with van der Waals surface area (Å²) < 4.78 is 9.12. The number of nitrogens with zero attached hydrogens (tertiary/aromatic N) is 4. The number of aromatic nitrogens is 3. The molecule has 248 valence electrons. The van der Waals surface area contributed by atoms with Crippen molar-refractivity contribution in [2.45, 2.75) is 5.41 Å². The van der Waals surface area contributed by atoms with Crippen molar-refractivity contribution in [1.29, 1.82) is 5.26 Å². The highest BCUT2D eigenvalue weighted by molar-refractivity contribution is 7.25. The van der Waals surface area contributed by atoms with E-state index in [1.807, 2.05) is 36.4 Å².